The van der Waals surface area contributed by atoms with E-state index in [1.54, 1.807) is 0 Å². The first-order valence-corrected chi connectivity index (χ1v) is 11.9. The molecule has 0 radical (unpaired) electrons. The number of likely N-dealkylation sites (tertiary alicyclic amines) is 1. The smallest absolute Gasteiger partial charge is 0.240 e. The second kappa shape index (κ2) is 8.40. The van der Waals surface area contributed by atoms with Crippen LogP contribution in [0.2, 0.25) is 0 Å². The third-order valence-electron chi connectivity index (χ3n) is 7.82. The molecule has 2 aromatic rings. The van der Waals surface area contributed by atoms with Crippen LogP contribution in [-0.4, -0.2) is 42.0 Å². The van der Waals surface area contributed by atoms with Crippen molar-refractivity contribution in [1.29, 1.82) is 0 Å². The van der Waals surface area contributed by atoms with Crippen molar-refractivity contribution in [1.82, 2.24) is 15.5 Å². The normalized spacial score (nSPS) is 31.8. The van der Waals surface area contributed by atoms with Crippen molar-refractivity contribution in [2.24, 2.45) is 23.7 Å². The number of fused-ring (bicyclic) bond motifs is 1. The van der Waals surface area contributed by atoms with Crippen LogP contribution in [-0.2, 0) is 17.8 Å². The molecule has 1 saturated carbocycles. The Hall–Kier alpha value is -2.17. The van der Waals surface area contributed by atoms with Gasteiger partial charge in [-0.25, -0.2) is 0 Å². The first-order valence-electron chi connectivity index (χ1n) is 11.9. The average Bonchev–Trinajstić information content (AvgIpc) is 3.08. The largest absolute Gasteiger partial charge is 0.354 e. The standard InChI is InChI=1S/C27H35N3O/c1-19(2)15-28-26(31)27-14-22-18-30(17-21-11-7-4-8-12-21)25(23(22)16-29-27)24(27)13-20-9-5-3-6-10-20/h3-12,19,22-25,29H,13-18H2,1-2H3,(H,28,31)/t22?,23?,24?,25-,27?/m0/s1. The summed E-state index contributed by atoms with van der Waals surface area (Å²) in [6.45, 7) is 8.11. The van der Waals surface area contributed by atoms with Gasteiger partial charge in [-0.3, -0.25) is 9.69 Å². The number of benzene rings is 2. The molecule has 6 rings (SSSR count). The van der Waals surface area contributed by atoms with Crippen LogP contribution in [0.3, 0.4) is 0 Å². The van der Waals surface area contributed by atoms with Gasteiger partial charge in [-0.1, -0.05) is 74.5 Å². The number of nitrogens with zero attached hydrogens (tertiary/aromatic N) is 1. The first-order chi connectivity index (χ1) is 15.1. The van der Waals surface area contributed by atoms with E-state index < -0.39 is 5.54 Å². The Labute approximate surface area is 186 Å². The highest BCUT2D eigenvalue weighted by Crippen LogP contribution is 2.53. The van der Waals surface area contributed by atoms with Gasteiger partial charge >= 0.3 is 0 Å². The van der Waals surface area contributed by atoms with Gasteiger partial charge in [-0.15, -0.1) is 0 Å². The zero-order valence-corrected chi connectivity index (χ0v) is 18.8. The van der Waals surface area contributed by atoms with Crippen LogP contribution in [0.1, 0.15) is 31.4 Å². The highest BCUT2D eigenvalue weighted by atomic mass is 16.2. The molecule has 1 amide bonds. The van der Waals surface area contributed by atoms with Crippen molar-refractivity contribution in [3.63, 3.8) is 0 Å². The minimum absolute atomic E-state index is 0.219. The maximum atomic E-state index is 13.7. The van der Waals surface area contributed by atoms with E-state index in [1.165, 1.54) is 11.1 Å². The van der Waals surface area contributed by atoms with E-state index in [0.717, 1.165) is 39.0 Å². The van der Waals surface area contributed by atoms with Crippen molar-refractivity contribution < 1.29 is 4.79 Å². The van der Waals surface area contributed by atoms with E-state index in [-0.39, 0.29) is 11.8 Å². The number of carbonyl (C=O) groups excluding carboxylic acids is 1. The SMILES string of the molecule is CC(C)CNC(=O)C12CC3CN(Cc4ccccc4)[C@@H](C3CN1)C2Cc1ccccc1. The molecule has 4 bridgehead atoms. The van der Waals surface area contributed by atoms with Crippen molar-refractivity contribution in [3.05, 3.63) is 71.8 Å². The third-order valence-corrected chi connectivity index (χ3v) is 7.82. The summed E-state index contributed by atoms with van der Waals surface area (Å²) >= 11 is 0. The van der Waals surface area contributed by atoms with Crippen LogP contribution in [0.25, 0.3) is 0 Å². The number of hydrogen-bond acceptors (Lipinski definition) is 3. The molecule has 2 N–H and O–H groups in total. The molecule has 3 heterocycles. The fourth-order valence-electron chi connectivity index (χ4n) is 6.47. The second-order valence-electron chi connectivity index (χ2n) is 10.3. The van der Waals surface area contributed by atoms with E-state index in [0.29, 0.717) is 23.8 Å². The quantitative estimate of drug-likeness (QED) is 0.725. The van der Waals surface area contributed by atoms with Crippen molar-refractivity contribution in [2.45, 2.75) is 44.8 Å². The molecule has 4 aliphatic rings. The van der Waals surface area contributed by atoms with Gasteiger partial charge in [0.15, 0.2) is 0 Å². The number of piperidine rings is 2. The fraction of sp³-hybridized carbons (Fsp3) is 0.519. The Morgan fingerprint density at radius 1 is 1.10 bits per heavy atom. The van der Waals surface area contributed by atoms with E-state index in [1.807, 2.05) is 0 Å². The van der Waals surface area contributed by atoms with Crippen LogP contribution in [0, 0.1) is 23.7 Å². The summed E-state index contributed by atoms with van der Waals surface area (Å²) in [6.07, 6.45) is 1.91. The molecule has 3 saturated heterocycles. The third kappa shape index (κ3) is 3.81. The molecule has 4 heteroatoms. The molecular formula is C27H35N3O. The van der Waals surface area contributed by atoms with Crippen LogP contribution < -0.4 is 10.6 Å². The number of carbonyl (C=O) groups is 1. The van der Waals surface area contributed by atoms with E-state index in [9.17, 15) is 4.79 Å². The highest BCUT2D eigenvalue weighted by molar-refractivity contribution is 5.87. The van der Waals surface area contributed by atoms with Gasteiger partial charge in [-0.2, -0.15) is 0 Å². The molecule has 4 fully saturated rings. The zero-order chi connectivity index (χ0) is 21.4. The van der Waals surface area contributed by atoms with Gasteiger partial charge in [0.25, 0.3) is 0 Å². The topological polar surface area (TPSA) is 44.4 Å². The summed E-state index contributed by atoms with van der Waals surface area (Å²) in [5.74, 6) is 2.20. The van der Waals surface area contributed by atoms with Gasteiger partial charge in [0, 0.05) is 38.1 Å². The Bertz CT molecular complexity index is 899. The summed E-state index contributed by atoms with van der Waals surface area (Å²) in [6, 6.07) is 22.0. The molecule has 31 heavy (non-hydrogen) atoms. The molecule has 1 aliphatic carbocycles. The molecule has 4 unspecified atom stereocenters. The Morgan fingerprint density at radius 2 is 1.77 bits per heavy atom. The van der Waals surface area contributed by atoms with Gasteiger partial charge in [0.1, 0.15) is 5.54 Å². The molecule has 2 aromatic carbocycles. The van der Waals surface area contributed by atoms with Crippen molar-refractivity contribution in [2.75, 3.05) is 19.6 Å². The van der Waals surface area contributed by atoms with E-state index in [4.69, 9.17) is 0 Å². The van der Waals surface area contributed by atoms with Crippen LogP contribution in [0.15, 0.2) is 60.7 Å². The fourth-order valence-corrected chi connectivity index (χ4v) is 6.47. The minimum Gasteiger partial charge on any atom is -0.354 e. The van der Waals surface area contributed by atoms with Crippen molar-refractivity contribution in [3.8, 4) is 0 Å². The van der Waals surface area contributed by atoms with E-state index in [2.05, 4.69) is 90.0 Å². The van der Waals surface area contributed by atoms with Gasteiger partial charge < -0.3 is 10.6 Å². The summed E-state index contributed by atoms with van der Waals surface area (Å²) in [5, 5.41) is 7.07. The Kier molecular flexibility index (Phi) is 5.61. The maximum absolute atomic E-state index is 13.7. The molecule has 3 aliphatic heterocycles. The minimum atomic E-state index is -0.458. The predicted molar refractivity (Wildman–Crippen MR) is 124 cm³/mol. The van der Waals surface area contributed by atoms with E-state index >= 15 is 0 Å². The summed E-state index contributed by atoms with van der Waals surface area (Å²) in [4.78, 5) is 16.4. The molecular weight excluding hydrogens is 382 g/mol. The molecule has 0 spiro atoms. The van der Waals surface area contributed by atoms with Crippen LogP contribution >= 0.6 is 0 Å². The zero-order valence-electron chi connectivity index (χ0n) is 18.8. The lowest BCUT2D eigenvalue weighted by Crippen LogP contribution is -2.74. The maximum Gasteiger partial charge on any atom is 0.240 e. The average molecular weight is 418 g/mol. The van der Waals surface area contributed by atoms with Gasteiger partial charge in [0.2, 0.25) is 5.91 Å². The Morgan fingerprint density at radius 3 is 2.45 bits per heavy atom. The molecule has 4 nitrogen and oxygen atoms in total. The number of hydrogen-bond donors (Lipinski definition) is 2. The molecule has 164 valence electrons. The highest BCUT2D eigenvalue weighted by Gasteiger charge is 2.64. The molecule has 0 aromatic heterocycles. The summed E-state index contributed by atoms with van der Waals surface area (Å²) in [5.41, 5.74) is 2.25. The van der Waals surface area contributed by atoms with Gasteiger partial charge in [-0.05, 0) is 41.7 Å². The number of amides is 1. The predicted octanol–water partition coefficient (Wildman–Crippen LogP) is 3.48. The monoisotopic (exact) mass is 417 g/mol. The summed E-state index contributed by atoms with van der Waals surface area (Å²) in [7, 11) is 0. The van der Waals surface area contributed by atoms with Crippen LogP contribution in [0.4, 0.5) is 0 Å². The lowest BCUT2D eigenvalue weighted by molar-refractivity contribution is -0.138. The first kappa shape index (κ1) is 20.7. The lowest BCUT2D eigenvalue weighted by atomic mass is 9.58. The molecule has 5 atom stereocenters. The second-order valence-corrected chi connectivity index (χ2v) is 10.3. The number of rotatable bonds is 7. The van der Waals surface area contributed by atoms with Crippen LogP contribution in [0.5, 0.6) is 0 Å². The lowest BCUT2D eigenvalue weighted by Gasteiger charge is -2.56. The number of nitrogens with one attached hydrogen (secondary N) is 2. The Balaban J connectivity index is 1.47. The van der Waals surface area contributed by atoms with Crippen molar-refractivity contribution >= 4 is 5.91 Å². The van der Waals surface area contributed by atoms with Gasteiger partial charge in [0.05, 0.1) is 0 Å². The summed E-state index contributed by atoms with van der Waals surface area (Å²) < 4.78 is 0.